The summed E-state index contributed by atoms with van der Waals surface area (Å²) in [5.74, 6) is 0. The minimum atomic E-state index is -3.91. The zero-order valence-corrected chi connectivity index (χ0v) is 8.03. The average molecular weight is 208 g/mol. The van der Waals surface area contributed by atoms with E-state index in [4.69, 9.17) is 10.4 Å². The van der Waals surface area contributed by atoms with Crippen LogP contribution in [0.1, 0.15) is 5.56 Å². The molecule has 0 atom stereocenters. The molecule has 0 heterocycles. The van der Waals surface area contributed by atoms with Crippen LogP contribution in [-0.4, -0.2) is 8.42 Å². The highest BCUT2D eigenvalue weighted by atomic mass is 32.2. The first-order valence-electron chi connectivity index (χ1n) is 3.73. The van der Waals surface area contributed by atoms with Crippen molar-refractivity contribution >= 4 is 16.1 Å². The van der Waals surface area contributed by atoms with E-state index in [2.05, 4.69) is 0 Å². The molecule has 0 aromatic heterocycles. The quantitative estimate of drug-likeness (QED) is 0.731. The zero-order chi connectivity index (χ0) is 10.6. The van der Waals surface area contributed by atoms with Crippen LogP contribution in [0.5, 0.6) is 0 Å². The van der Waals surface area contributed by atoms with Crippen molar-refractivity contribution in [2.24, 2.45) is 5.14 Å². The molecule has 5 heteroatoms. The van der Waals surface area contributed by atoms with Gasteiger partial charge in [0.15, 0.2) is 4.91 Å². The third-order valence-corrected chi connectivity index (χ3v) is 2.34. The van der Waals surface area contributed by atoms with Gasteiger partial charge in [0, 0.05) is 0 Å². The Bertz CT molecular complexity index is 483. The standard InChI is InChI=1S/C9H8N2O2S/c10-7-9(14(11,12)13)6-8-4-2-1-3-5-8/h1-6H,(H2,11,12,13). The Morgan fingerprint density at radius 1 is 1.36 bits per heavy atom. The summed E-state index contributed by atoms with van der Waals surface area (Å²) in [4.78, 5) is -0.441. The van der Waals surface area contributed by atoms with Crippen molar-refractivity contribution < 1.29 is 8.42 Å². The first kappa shape index (κ1) is 10.4. The van der Waals surface area contributed by atoms with Gasteiger partial charge in [-0.2, -0.15) is 5.26 Å². The highest BCUT2D eigenvalue weighted by molar-refractivity contribution is 7.93. The van der Waals surface area contributed by atoms with Crippen molar-refractivity contribution in [3.05, 3.63) is 40.8 Å². The Morgan fingerprint density at radius 2 is 1.93 bits per heavy atom. The van der Waals surface area contributed by atoms with Gasteiger partial charge in [0.05, 0.1) is 0 Å². The van der Waals surface area contributed by atoms with Gasteiger partial charge in [0.1, 0.15) is 6.07 Å². The predicted octanol–water partition coefficient (Wildman–Crippen LogP) is 0.840. The molecule has 0 aliphatic heterocycles. The SMILES string of the molecule is N#CC(=Cc1ccccc1)S(N)(=O)=O. The molecular formula is C9H8N2O2S. The molecule has 0 amide bonds. The van der Waals surface area contributed by atoms with E-state index in [0.29, 0.717) is 5.56 Å². The molecule has 72 valence electrons. The van der Waals surface area contributed by atoms with E-state index in [1.807, 2.05) is 0 Å². The largest absolute Gasteiger partial charge is 0.248 e. The number of sulfonamides is 1. The molecular weight excluding hydrogens is 200 g/mol. The van der Waals surface area contributed by atoms with Gasteiger partial charge in [-0.05, 0) is 11.6 Å². The smallest absolute Gasteiger partial charge is 0.224 e. The number of hydrogen-bond acceptors (Lipinski definition) is 3. The van der Waals surface area contributed by atoms with Crippen LogP contribution in [0.2, 0.25) is 0 Å². The van der Waals surface area contributed by atoms with Crippen LogP contribution < -0.4 is 5.14 Å². The van der Waals surface area contributed by atoms with E-state index < -0.39 is 14.9 Å². The highest BCUT2D eigenvalue weighted by Crippen LogP contribution is 2.08. The van der Waals surface area contributed by atoms with Crippen molar-refractivity contribution in [1.82, 2.24) is 0 Å². The van der Waals surface area contributed by atoms with Gasteiger partial charge in [0.25, 0.3) is 0 Å². The summed E-state index contributed by atoms with van der Waals surface area (Å²) in [6, 6.07) is 10.2. The first-order valence-corrected chi connectivity index (χ1v) is 5.28. The van der Waals surface area contributed by atoms with E-state index in [1.165, 1.54) is 12.1 Å². The van der Waals surface area contributed by atoms with Crippen LogP contribution in [-0.2, 0) is 10.0 Å². The maximum Gasteiger partial charge on any atom is 0.248 e. The lowest BCUT2D eigenvalue weighted by Gasteiger charge is -1.94. The monoisotopic (exact) mass is 208 g/mol. The highest BCUT2D eigenvalue weighted by Gasteiger charge is 2.10. The number of primary sulfonamides is 1. The number of rotatable bonds is 2. The van der Waals surface area contributed by atoms with Crippen LogP contribution in [0.25, 0.3) is 6.08 Å². The van der Waals surface area contributed by atoms with Crippen molar-refractivity contribution in [2.45, 2.75) is 0 Å². The van der Waals surface area contributed by atoms with Crippen molar-refractivity contribution in [3.63, 3.8) is 0 Å². The van der Waals surface area contributed by atoms with E-state index in [1.54, 1.807) is 30.3 Å². The van der Waals surface area contributed by atoms with Gasteiger partial charge in [-0.15, -0.1) is 0 Å². The maximum absolute atomic E-state index is 10.9. The lowest BCUT2D eigenvalue weighted by atomic mass is 10.2. The molecule has 1 aromatic rings. The van der Waals surface area contributed by atoms with E-state index in [0.717, 1.165) is 0 Å². The Balaban J connectivity index is 3.17. The third-order valence-electron chi connectivity index (χ3n) is 1.51. The van der Waals surface area contributed by atoms with Crippen LogP contribution in [0.4, 0.5) is 0 Å². The molecule has 0 unspecified atom stereocenters. The fourth-order valence-electron chi connectivity index (χ4n) is 0.879. The second-order valence-electron chi connectivity index (χ2n) is 2.58. The minimum Gasteiger partial charge on any atom is -0.224 e. The first-order chi connectivity index (χ1) is 6.54. The number of nitriles is 1. The molecule has 1 rings (SSSR count). The number of nitrogens with two attached hydrogens (primary N) is 1. The second-order valence-corrected chi connectivity index (χ2v) is 4.11. The summed E-state index contributed by atoms with van der Waals surface area (Å²) in [7, 11) is -3.91. The Labute approximate surface area is 82.3 Å². The van der Waals surface area contributed by atoms with E-state index in [9.17, 15) is 8.42 Å². The Morgan fingerprint density at radius 3 is 2.36 bits per heavy atom. The lowest BCUT2D eigenvalue weighted by Crippen LogP contribution is -2.13. The number of hydrogen-bond donors (Lipinski definition) is 1. The summed E-state index contributed by atoms with van der Waals surface area (Å²) in [5.41, 5.74) is 0.623. The maximum atomic E-state index is 10.9. The normalized spacial score (nSPS) is 12.1. The van der Waals surface area contributed by atoms with Crippen LogP contribution in [0.3, 0.4) is 0 Å². The lowest BCUT2D eigenvalue weighted by molar-refractivity contribution is 0.605. The minimum absolute atomic E-state index is 0.441. The summed E-state index contributed by atoms with van der Waals surface area (Å²) in [5, 5.41) is 13.4. The van der Waals surface area contributed by atoms with Crippen molar-refractivity contribution in [3.8, 4) is 6.07 Å². The third kappa shape index (κ3) is 2.69. The van der Waals surface area contributed by atoms with Gasteiger partial charge in [-0.25, -0.2) is 13.6 Å². The topological polar surface area (TPSA) is 83.9 Å². The molecule has 0 saturated heterocycles. The summed E-state index contributed by atoms with van der Waals surface area (Å²) in [6.45, 7) is 0. The van der Waals surface area contributed by atoms with Crippen molar-refractivity contribution in [1.29, 1.82) is 5.26 Å². The zero-order valence-electron chi connectivity index (χ0n) is 7.21. The molecule has 14 heavy (non-hydrogen) atoms. The van der Waals surface area contributed by atoms with E-state index >= 15 is 0 Å². The molecule has 0 bridgehead atoms. The number of benzene rings is 1. The molecule has 0 saturated carbocycles. The average Bonchev–Trinajstić information content (AvgIpc) is 2.14. The summed E-state index contributed by atoms with van der Waals surface area (Å²) < 4.78 is 21.7. The molecule has 2 N–H and O–H groups in total. The number of allylic oxidation sites excluding steroid dienone is 1. The van der Waals surface area contributed by atoms with Crippen LogP contribution in [0.15, 0.2) is 35.2 Å². The van der Waals surface area contributed by atoms with Gasteiger partial charge in [-0.1, -0.05) is 30.3 Å². The van der Waals surface area contributed by atoms with Gasteiger partial charge >= 0.3 is 0 Å². The fourth-order valence-corrected chi connectivity index (χ4v) is 1.31. The Kier molecular flexibility index (Phi) is 3.02. The van der Waals surface area contributed by atoms with E-state index in [-0.39, 0.29) is 0 Å². The number of nitrogens with zero attached hydrogens (tertiary/aromatic N) is 1. The molecule has 0 spiro atoms. The fraction of sp³-hybridized carbons (Fsp3) is 0. The molecule has 0 radical (unpaired) electrons. The summed E-state index contributed by atoms with van der Waals surface area (Å²) >= 11 is 0. The molecule has 0 aliphatic carbocycles. The van der Waals surface area contributed by atoms with Gasteiger partial charge in [0.2, 0.25) is 10.0 Å². The summed E-state index contributed by atoms with van der Waals surface area (Å²) in [6.07, 6.45) is 1.23. The molecule has 0 fully saturated rings. The van der Waals surface area contributed by atoms with Crippen LogP contribution in [0, 0.1) is 11.3 Å². The van der Waals surface area contributed by atoms with Crippen LogP contribution >= 0.6 is 0 Å². The second kappa shape index (κ2) is 4.05. The molecule has 1 aromatic carbocycles. The van der Waals surface area contributed by atoms with Gasteiger partial charge in [-0.3, -0.25) is 0 Å². The van der Waals surface area contributed by atoms with Crippen molar-refractivity contribution in [2.75, 3.05) is 0 Å². The predicted molar refractivity (Wildman–Crippen MR) is 53.1 cm³/mol. The van der Waals surface area contributed by atoms with Gasteiger partial charge < -0.3 is 0 Å². The Hall–Kier alpha value is -1.64. The molecule has 0 aliphatic rings. The molecule has 4 nitrogen and oxygen atoms in total.